The fourth-order valence-corrected chi connectivity index (χ4v) is 1.94. The topological polar surface area (TPSA) is 118 Å². The lowest BCUT2D eigenvalue weighted by molar-refractivity contribution is -0.139. The van der Waals surface area contributed by atoms with E-state index in [1.165, 1.54) is 6.07 Å². The molecule has 0 aliphatic heterocycles. The largest absolute Gasteiger partial charge is 0.422 e. The van der Waals surface area contributed by atoms with E-state index in [9.17, 15) is 19.2 Å². The fraction of sp³-hybridized carbons (Fsp3) is 0.200. The Morgan fingerprint density at radius 2 is 1.78 bits per heavy atom. The van der Waals surface area contributed by atoms with Crippen LogP contribution in [0.5, 0.6) is 0 Å². The minimum atomic E-state index is -1.00. The summed E-state index contributed by atoms with van der Waals surface area (Å²) in [4.78, 5) is 46.7. The van der Waals surface area contributed by atoms with Gasteiger partial charge in [-0.3, -0.25) is 25.2 Å². The van der Waals surface area contributed by atoms with Crippen molar-refractivity contribution in [1.82, 2.24) is 16.2 Å². The number of rotatable bonds is 2. The third kappa shape index (κ3) is 3.37. The molecule has 1 aromatic carbocycles. The monoisotopic (exact) mass is 315 g/mol. The minimum Gasteiger partial charge on any atom is -0.422 e. The quantitative estimate of drug-likeness (QED) is 0.404. The molecule has 0 unspecified atom stereocenters. The predicted molar refractivity (Wildman–Crippen MR) is 79.3 cm³/mol. The van der Waals surface area contributed by atoms with Crippen molar-refractivity contribution in [3.63, 3.8) is 0 Å². The van der Waals surface area contributed by atoms with Crippen LogP contribution in [0.25, 0.3) is 11.0 Å². The zero-order valence-corrected chi connectivity index (χ0v) is 11.9. The highest BCUT2D eigenvalue weighted by Gasteiger charge is 2.26. The van der Waals surface area contributed by atoms with Gasteiger partial charge in [0.15, 0.2) is 0 Å². The number of benzene rings is 1. The molecule has 0 atom stereocenters. The molecule has 2 aromatic rings. The molecule has 3 amide bonds. The van der Waals surface area contributed by atoms with Crippen LogP contribution < -0.4 is 21.8 Å². The smallest absolute Gasteiger partial charge is 0.349 e. The average Bonchev–Trinajstić information content (AvgIpc) is 3.35. The molecule has 1 heterocycles. The van der Waals surface area contributed by atoms with E-state index in [0.29, 0.717) is 11.0 Å². The van der Waals surface area contributed by atoms with Crippen molar-refractivity contribution in [2.24, 2.45) is 0 Å². The summed E-state index contributed by atoms with van der Waals surface area (Å²) < 4.78 is 5.02. The Morgan fingerprint density at radius 1 is 1.04 bits per heavy atom. The molecule has 1 saturated carbocycles. The summed E-state index contributed by atoms with van der Waals surface area (Å²) in [5.41, 5.74) is 3.22. The molecule has 23 heavy (non-hydrogen) atoms. The van der Waals surface area contributed by atoms with Gasteiger partial charge in [0.05, 0.1) is 0 Å². The maximum atomic E-state index is 12.0. The van der Waals surface area contributed by atoms with Crippen molar-refractivity contribution in [3.05, 3.63) is 46.3 Å². The van der Waals surface area contributed by atoms with Gasteiger partial charge in [0, 0.05) is 11.4 Å². The number of nitrogens with one attached hydrogen (secondary N) is 3. The van der Waals surface area contributed by atoms with Crippen LogP contribution in [0.15, 0.2) is 39.5 Å². The van der Waals surface area contributed by atoms with Gasteiger partial charge in [-0.2, -0.15) is 0 Å². The third-order valence-corrected chi connectivity index (χ3v) is 3.29. The Hall–Kier alpha value is -3.16. The van der Waals surface area contributed by atoms with E-state index in [1.54, 1.807) is 24.3 Å². The summed E-state index contributed by atoms with van der Waals surface area (Å²) in [6.07, 6.45) is 1.67. The summed E-state index contributed by atoms with van der Waals surface area (Å²) in [6, 6.07) is 8.08. The third-order valence-electron chi connectivity index (χ3n) is 3.29. The first-order valence-electron chi connectivity index (χ1n) is 6.98. The van der Waals surface area contributed by atoms with Crippen LogP contribution >= 0.6 is 0 Å². The second-order valence-electron chi connectivity index (χ2n) is 5.14. The Kier molecular flexibility index (Phi) is 3.80. The SMILES string of the molecule is O=C(NNC(=O)c1cc2ccccc2oc1=O)C(=O)NC1CC1. The standard InChI is InChI=1S/C15H13N3O5/c19-12(17-18-14(21)13(20)16-9-5-6-9)10-7-8-3-1-2-4-11(8)23-15(10)22/h1-4,7,9H,5-6H2,(H,16,20)(H,17,19)(H,18,21). The van der Waals surface area contributed by atoms with Crippen molar-refractivity contribution in [2.45, 2.75) is 18.9 Å². The highest BCUT2D eigenvalue weighted by Crippen LogP contribution is 2.18. The molecule has 1 aromatic heterocycles. The highest BCUT2D eigenvalue weighted by atomic mass is 16.4. The molecule has 3 rings (SSSR count). The number of para-hydroxylation sites is 1. The predicted octanol–water partition coefficient (Wildman–Crippen LogP) is -0.167. The zero-order valence-electron chi connectivity index (χ0n) is 11.9. The summed E-state index contributed by atoms with van der Waals surface area (Å²) in [6.45, 7) is 0. The van der Waals surface area contributed by atoms with E-state index in [2.05, 4.69) is 5.32 Å². The highest BCUT2D eigenvalue weighted by molar-refractivity contribution is 6.35. The van der Waals surface area contributed by atoms with Gasteiger partial charge < -0.3 is 9.73 Å². The van der Waals surface area contributed by atoms with Gasteiger partial charge in [0.1, 0.15) is 11.1 Å². The summed E-state index contributed by atoms with van der Waals surface area (Å²) >= 11 is 0. The first-order valence-corrected chi connectivity index (χ1v) is 6.98. The van der Waals surface area contributed by atoms with Crippen LogP contribution in [-0.2, 0) is 9.59 Å². The van der Waals surface area contributed by atoms with Crippen molar-refractivity contribution >= 4 is 28.7 Å². The molecule has 8 nitrogen and oxygen atoms in total. The van der Waals surface area contributed by atoms with Gasteiger partial charge in [0.25, 0.3) is 5.91 Å². The van der Waals surface area contributed by atoms with Gasteiger partial charge in [-0.05, 0) is 25.0 Å². The van der Waals surface area contributed by atoms with Crippen molar-refractivity contribution in [1.29, 1.82) is 0 Å². The van der Waals surface area contributed by atoms with Crippen LogP contribution in [0.4, 0.5) is 0 Å². The lowest BCUT2D eigenvalue weighted by atomic mass is 10.2. The van der Waals surface area contributed by atoms with Crippen LogP contribution in [0.1, 0.15) is 23.2 Å². The maximum absolute atomic E-state index is 12.0. The van der Waals surface area contributed by atoms with Crippen LogP contribution in [0.3, 0.4) is 0 Å². The van der Waals surface area contributed by atoms with Crippen molar-refractivity contribution in [2.75, 3.05) is 0 Å². The van der Waals surface area contributed by atoms with E-state index < -0.39 is 23.3 Å². The molecule has 0 spiro atoms. The lowest BCUT2D eigenvalue weighted by Crippen LogP contribution is -2.49. The summed E-state index contributed by atoms with van der Waals surface area (Å²) in [5, 5.41) is 3.04. The van der Waals surface area contributed by atoms with E-state index in [-0.39, 0.29) is 11.6 Å². The second-order valence-corrected chi connectivity index (χ2v) is 5.14. The Morgan fingerprint density at radius 3 is 2.52 bits per heavy atom. The van der Waals surface area contributed by atoms with Gasteiger partial charge in [-0.15, -0.1) is 0 Å². The summed E-state index contributed by atoms with van der Waals surface area (Å²) in [5.74, 6) is -2.70. The zero-order chi connectivity index (χ0) is 16.4. The number of carbonyl (C=O) groups is 3. The lowest BCUT2D eigenvalue weighted by Gasteiger charge is -2.07. The van der Waals surface area contributed by atoms with Crippen molar-refractivity contribution in [3.8, 4) is 0 Å². The van der Waals surface area contributed by atoms with E-state index in [1.807, 2.05) is 10.9 Å². The van der Waals surface area contributed by atoms with Gasteiger partial charge >= 0.3 is 17.4 Å². The first-order chi connectivity index (χ1) is 11.0. The number of amides is 3. The van der Waals surface area contributed by atoms with Crippen molar-refractivity contribution < 1.29 is 18.8 Å². The van der Waals surface area contributed by atoms with Crippen LogP contribution in [-0.4, -0.2) is 23.8 Å². The average molecular weight is 315 g/mol. The number of hydrogen-bond acceptors (Lipinski definition) is 5. The molecule has 8 heteroatoms. The minimum absolute atomic E-state index is 0.0245. The molecule has 1 fully saturated rings. The Bertz CT molecular complexity index is 854. The molecular formula is C15H13N3O5. The molecule has 3 N–H and O–H groups in total. The molecule has 0 bridgehead atoms. The molecule has 0 radical (unpaired) electrons. The fourth-order valence-electron chi connectivity index (χ4n) is 1.94. The summed E-state index contributed by atoms with van der Waals surface area (Å²) in [7, 11) is 0. The van der Waals surface area contributed by atoms with E-state index >= 15 is 0 Å². The van der Waals surface area contributed by atoms with Crippen LogP contribution in [0.2, 0.25) is 0 Å². The Labute approximate surface area is 129 Å². The normalized spacial score (nSPS) is 13.4. The number of hydrazine groups is 1. The first kappa shape index (κ1) is 14.8. The number of fused-ring (bicyclic) bond motifs is 1. The van der Waals surface area contributed by atoms with Gasteiger partial charge in [-0.1, -0.05) is 18.2 Å². The van der Waals surface area contributed by atoms with E-state index in [0.717, 1.165) is 12.8 Å². The number of hydrogen-bond donors (Lipinski definition) is 3. The Balaban J connectivity index is 1.68. The molecule has 118 valence electrons. The molecule has 1 aliphatic rings. The van der Waals surface area contributed by atoms with Gasteiger partial charge in [-0.25, -0.2) is 4.79 Å². The molecule has 0 saturated heterocycles. The number of carbonyl (C=O) groups excluding carboxylic acids is 3. The maximum Gasteiger partial charge on any atom is 0.349 e. The van der Waals surface area contributed by atoms with E-state index in [4.69, 9.17) is 4.42 Å². The van der Waals surface area contributed by atoms with Gasteiger partial charge in [0.2, 0.25) is 0 Å². The second kappa shape index (κ2) is 5.91. The molecule has 1 aliphatic carbocycles. The van der Waals surface area contributed by atoms with Crippen LogP contribution in [0, 0.1) is 0 Å². The molecular weight excluding hydrogens is 302 g/mol.